The minimum atomic E-state index is -1.92. The standard InChI is InChI=1S/C48H73O3P/c1-20-45(12,13)34-27-32-26-33-28-35(46(14,15)21-2)30-39(48(18,19)23-4)41(33)50-52(49-40(32)38(29-34)47(16,17)22-3)51-42-36(43(6,7)8)24-31(5)25-37(42)44(9,10)11/h24-25,27-30H,20-23,26H2,1-19H3. The van der Waals surface area contributed by atoms with Crippen LogP contribution in [0.15, 0.2) is 36.4 Å². The van der Waals surface area contributed by atoms with Gasteiger partial charge in [0.05, 0.1) is 0 Å². The van der Waals surface area contributed by atoms with E-state index in [2.05, 4.69) is 168 Å². The van der Waals surface area contributed by atoms with Gasteiger partial charge in [-0.05, 0) is 87.4 Å². The molecule has 52 heavy (non-hydrogen) atoms. The van der Waals surface area contributed by atoms with Crippen molar-refractivity contribution in [3.63, 3.8) is 0 Å². The molecule has 0 aromatic heterocycles. The zero-order valence-electron chi connectivity index (χ0n) is 36.7. The van der Waals surface area contributed by atoms with E-state index < -0.39 is 8.60 Å². The second-order valence-corrected chi connectivity index (χ2v) is 21.3. The summed E-state index contributed by atoms with van der Waals surface area (Å²) < 4.78 is 22.0. The van der Waals surface area contributed by atoms with Gasteiger partial charge in [-0.2, -0.15) is 0 Å². The average molecular weight is 729 g/mol. The zero-order chi connectivity index (χ0) is 39.4. The highest BCUT2D eigenvalue weighted by Gasteiger charge is 2.39. The van der Waals surface area contributed by atoms with E-state index in [1.807, 2.05) is 0 Å². The molecule has 0 aliphatic carbocycles. The van der Waals surface area contributed by atoms with Crippen molar-refractivity contribution in [1.82, 2.24) is 0 Å². The van der Waals surface area contributed by atoms with Crippen LogP contribution in [0.25, 0.3) is 0 Å². The van der Waals surface area contributed by atoms with E-state index in [9.17, 15) is 0 Å². The zero-order valence-corrected chi connectivity index (χ0v) is 37.6. The van der Waals surface area contributed by atoms with E-state index >= 15 is 0 Å². The molecule has 3 aromatic carbocycles. The lowest BCUT2D eigenvalue weighted by Crippen LogP contribution is -2.25. The van der Waals surface area contributed by atoms with Gasteiger partial charge in [0.25, 0.3) is 0 Å². The Morgan fingerprint density at radius 3 is 1.15 bits per heavy atom. The highest BCUT2D eigenvalue weighted by molar-refractivity contribution is 7.43. The molecule has 0 spiro atoms. The second-order valence-electron chi connectivity index (χ2n) is 20.3. The minimum absolute atomic E-state index is 0.0169. The predicted molar refractivity (Wildman–Crippen MR) is 226 cm³/mol. The highest BCUT2D eigenvalue weighted by atomic mass is 31.2. The fourth-order valence-corrected chi connectivity index (χ4v) is 8.09. The molecule has 1 aliphatic heterocycles. The van der Waals surface area contributed by atoms with Gasteiger partial charge in [-0.25, -0.2) is 0 Å². The van der Waals surface area contributed by atoms with Crippen molar-refractivity contribution in [2.45, 2.75) is 196 Å². The lowest BCUT2D eigenvalue weighted by Gasteiger charge is -2.37. The SMILES string of the molecule is CCC(C)(C)c1cc2c(c(C(C)(C)CC)c1)OP(Oc1c(C(C)(C)C)cc(C)cc1C(C)(C)C)Oc1c(cc(C(C)(C)CC)cc1C(C)(C)CC)C2. The van der Waals surface area contributed by atoms with Crippen LogP contribution in [0.3, 0.4) is 0 Å². The van der Waals surface area contributed by atoms with E-state index in [0.717, 1.165) is 49.4 Å². The van der Waals surface area contributed by atoms with Gasteiger partial charge >= 0.3 is 8.60 Å². The monoisotopic (exact) mass is 729 g/mol. The molecule has 0 N–H and O–H groups in total. The van der Waals surface area contributed by atoms with Crippen LogP contribution in [0, 0.1) is 6.92 Å². The summed E-state index contributed by atoms with van der Waals surface area (Å²) in [4.78, 5) is 0. The van der Waals surface area contributed by atoms with E-state index in [-0.39, 0.29) is 32.5 Å². The van der Waals surface area contributed by atoms with Gasteiger partial charge in [0.2, 0.25) is 0 Å². The third kappa shape index (κ3) is 8.56. The Hall–Kier alpha value is -2.51. The molecular weight excluding hydrogens is 655 g/mol. The molecular formula is C48H73O3P. The summed E-state index contributed by atoms with van der Waals surface area (Å²) in [7, 11) is -1.92. The first-order chi connectivity index (χ1) is 23.7. The van der Waals surface area contributed by atoms with E-state index in [4.69, 9.17) is 13.6 Å². The van der Waals surface area contributed by atoms with E-state index in [0.29, 0.717) is 0 Å². The number of hydrogen-bond donors (Lipinski definition) is 0. The van der Waals surface area contributed by atoms with E-state index in [1.54, 1.807) is 0 Å². The Morgan fingerprint density at radius 1 is 0.500 bits per heavy atom. The predicted octanol–water partition coefficient (Wildman–Crippen LogP) is 15.0. The van der Waals surface area contributed by atoms with Gasteiger partial charge in [0.1, 0.15) is 17.2 Å². The minimum Gasteiger partial charge on any atom is -0.408 e. The average Bonchev–Trinajstić information content (AvgIpc) is 3.04. The maximum Gasteiger partial charge on any atom is 0.530 e. The molecule has 288 valence electrons. The van der Waals surface area contributed by atoms with Gasteiger partial charge in [0, 0.05) is 28.7 Å². The van der Waals surface area contributed by atoms with Gasteiger partial charge in [-0.1, -0.05) is 167 Å². The molecule has 3 nitrogen and oxygen atoms in total. The molecule has 3 aromatic rings. The van der Waals surface area contributed by atoms with Crippen LogP contribution in [-0.2, 0) is 38.9 Å². The molecule has 0 unspecified atom stereocenters. The maximum atomic E-state index is 7.34. The molecule has 0 saturated carbocycles. The molecule has 1 heterocycles. The number of aryl methyl sites for hydroxylation is 1. The van der Waals surface area contributed by atoms with Gasteiger partial charge in [-0.3, -0.25) is 0 Å². The molecule has 0 bridgehead atoms. The Kier molecular flexibility index (Phi) is 11.9. The van der Waals surface area contributed by atoms with Crippen LogP contribution < -0.4 is 13.6 Å². The lowest BCUT2D eigenvalue weighted by atomic mass is 9.73. The molecule has 0 atom stereocenters. The summed E-state index contributed by atoms with van der Waals surface area (Å²) in [5.41, 5.74) is 10.7. The molecule has 0 saturated heterocycles. The van der Waals surface area contributed by atoms with Crippen molar-refractivity contribution in [3.05, 3.63) is 86.5 Å². The lowest BCUT2D eigenvalue weighted by molar-refractivity contribution is 0.356. The fraction of sp³-hybridized carbons (Fsp3) is 0.625. The first-order valence-electron chi connectivity index (χ1n) is 20.1. The normalized spacial score (nSPS) is 14.9. The third-order valence-electron chi connectivity index (χ3n) is 12.6. The van der Waals surface area contributed by atoms with Crippen LogP contribution in [-0.4, -0.2) is 0 Å². The number of hydrogen-bond acceptors (Lipinski definition) is 3. The number of rotatable bonds is 10. The molecule has 0 radical (unpaired) electrons. The van der Waals surface area contributed by atoms with Crippen molar-refractivity contribution in [1.29, 1.82) is 0 Å². The highest BCUT2D eigenvalue weighted by Crippen LogP contribution is 2.56. The largest absolute Gasteiger partial charge is 0.530 e. The molecule has 1 aliphatic rings. The Bertz CT molecular complexity index is 1640. The van der Waals surface area contributed by atoms with Crippen LogP contribution in [0.4, 0.5) is 0 Å². The molecule has 4 rings (SSSR count). The van der Waals surface area contributed by atoms with Crippen molar-refractivity contribution in [2.75, 3.05) is 0 Å². The number of benzene rings is 3. The van der Waals surface area contributed by atoms with Crippen molar-refractivity contribution >= 4 is 8.60 Å². The molecule has 0 fully saturated rings. The first-order valence-corrected chi connectivity index (χ1v) is 21.2. The van der Waals surface area contributed by atoms with Crippen molar-refractivity contribution in [2.24, 2.45) is 0 Å². The summed E-state index contributed by atoms with van der Waals surface area (Å²) in [5, 5.41) is 0. The first kappa shape index (κ1) is 42.2. The van der Waals surface area contributed by atoms with Crippen LogP contribution in [0.1, 0.15) is 200 Å². The summed E-state index contributed by atoms with van der Waals surface area (Å²) in [6.45, 7) is 43.9. The Labute approximate surface area is 321 Å². The van der Waals surface area contributed by atoms with Crippen LogP contribution in [0.5, 0.6) is 17.2 Å². The van der Waals surface area contributed by atoms with Gasteiger partial charge in [0.15, 0.2) is 0 Å². The summed E-state index contributed by atoms with van der Waals surface area (Å²) in [6, 6.07) is 14.3. The molecule has 4 heteroatoms. The van der Waals surface area contributed by atoms with E-state index in [1.165, 1.54) is 50.1 Å². The van der Waals surface area contributed by atoms with Crippen LogP contribution in [0.2, 0.25) is 0 Å². The third-order valence-corrected chi connectivity index (χ3v) is 13.6. The van der Waals surface area contributed by atoms with Gasteiger partial charge < -0.3 is 13.6 Å². The van der Waals surface area contributed by atoms with Crippen molar-refractivity contribution in [3.8, 4) is 17.2 Å². The summed E-state index contributed by atoms with van der Waals surface area (Å²) in [5.74, 6) is 2.75. The quantitative estimate of drug-likeness (QED) is 0.195. The van der Waals surface area contributed by atoms with Gasteiger partial charge in [-0.15, -0.1) is 0 Å². The molecule has 0 amide bonds. The fourth-order valence-electron chi connectivity index (χ4n) is 6.90. The Balaban J connectivity index is 2.17. The topological polar surface area (TPSA) is 27.7 Å². The smallest absolute Gasteiger partial charge is 0.408 e. The maximum absolute atomic E-state index is 7.34. The van der Waals surface area contributed by atoms with Crippen LogP contribution >= 0.6 is 8.60 Å². The summed E-state index contributed by atoms with van der Waals surface area (Å²) in [6.07, 6.45) is 4.81. The number of fused-ring (bicyclic) bond motifs is 2. The summed E-state index contributed by atoms with van der Waals surface area (Å²) >= 11 is 0. The van der Waals surface area contributed by atoms with Crippen molar-refractivity contribution < 1.29 is 13.6 Å². The second kappa shape index (κ2) is 14.6. The Morgan fingerprint density at radius 2 is 0.846 bits per heavy atom.